The number of carbonyl (C=O) groups excluding carboxylic acids is 1. The van der Waals surface area contributed by atoms with Crippen LogP contribution in [0.5, 0.6) is 0 Å². The molecule has 1 aromatic heterocycles. The monoisotopic (exact) mass is 388 g/mol. The molecule has 1 aliphatic heterocycles. The van der Waals surface area contributed by atoms with Crippen LogP contribution in [0.25, 0.3) is 11.1 Å². The second-order valence-corrected chi connectivity index (χ2v) is 8.05. The van der Waals surface area contributed by atoms with Gasteiger partial charge in [-0.15, -0.1) is 0 Å². The van der Waals surface area contributed by atoms with Gasteiger partial charge in [0, 0.05) is 60.8 Å². The maximum Gasteiger partial charge on any atom is 0.253 e. The SMILES string of the molecule is CN(C)C(=O)c1ccc2c(c1)N(c1ncc(-c3ccccc3F)cn1)CC21CC1. The number of rotatable bonds is 3. The molecule has 0 saturated heterocycles. The topological polar surface area (TPSA) is 49.3 Å². The molecule has 146 valence electrons. The average Bonchev–Trinajstić information content (AvgIpc) is 3.44. The molecule has 2 aliphatic rings. The van der Waals surface area contributed by atoms with Crippen LogP contribution >= 0.6 is 0 Å². The van der Waals surface area contributed by atoms with Crippen molar-refractivity contribution in [3.8, 4) is 11.1 Å². The Hall–Kier alpha value is -3.28. The fraction of sp³-hybridized carbons (Fsp3) is 0.261. The van der Waals surface area contributed by atoms with Crippen molar-refractivity contribution in [2.45, 2.75) is 18.3 Å². The predicted octanol–water partition coefficient (Wildman–Crippen LogP) is 4.17. The number of hydrogen-bond acceptors (Lipinski definition) is 4. The van der Waals surface area contributed by atoms with Crippen molar-refractivity contribution in [2.24, 2.45) is 0 Å². The first-order valence-electron chi connectivity index (χ1n) is 9.69. The van der Waals surface area contributed by atoms with Crippen molar-refractivity contribution in [2.75, 3.05) is 25.5 Å². The molecule has 0 atom stereocenters. The summed E-state index contributed by atoms with van der Waals surface area (Å²) in [6, 6.07) is 12.5. The molecule has 1 saturated carbocycles. The minimum atomic E-state index is -0.292. The molecule has 5 nitrogen and oxygen atoms in total. The molecule has 1 aliphatic carbocycles. The van der Waals surface area contributed by atoms with Crippen molar-refractivity contribution in [3.63, 3.8) is 0 Å². The van der Waals surface area contributed by atoms with Gasteiger partial charge in [0.1, 0.15) is 5.82 Å². The maximum absolute atomic E-state index is 14.1. The molecule has 1 amide bonds. The number of carbonyl (C=O) groups is 1. The summed E-state index contributed by atoms with van der Waals surface area (Å²) in [6.07, 6.45) is 5.58. The van der Waals surface area contributed by atoms with Crippen molar-refractivity contribution >= 4 is 17.5 Å². The highest BCUT2D eigenvalue weighted by atomic mass is 19.1. The zero-order valence-electron chi connectivity index (χ0n) is 16.4. The van der Waals surface area contributed by atoms with Crippen LogP contribution in [0.1, 0.15) is 28.8 Å². The quantitative estimate of drug-likeness (QED) is 0.676. The normalized spacial score (nSPS) is 16.0. The lowest BCUT2D eigenvalue weighted by Gasteiger charge is -2.19. The minimum absolute atomic E-state index is 0.0275. The first-order valence-corrected chi connectivity index (χ1v) is 9.69. The number of fused-ring (bicyclic) bond motifs is 2. The molecule has 0 unspecified atom stereocenters. The van der Waals surface area contributed by atoms with Crippen LogP contribution in [0.3, 0.4) is 0 Å². The lowest BCUT2D eigenvalue weighted by atomic mass is 9.97. The van der Waals surface area contributed by atoms with Crippen LogP contribution in [0.15, 0.2) is 54.9 Å². The Kier molecular flexibility index (Phi) is 3.91. The van der Waals surface area contributed by atoms with E-state index in [9.17, 15) is 9.18 Å². The molecule has 0 radical (unpaired) electrons. The molecule has 2 heterocycles. The number of aromatic nitrogens is 2. The van der Waals surface area contributed by atoms with E-state index in [-0.39, 0.29) is 17.1 Å². The number of amides is 1. The molecular weight excluding hydrogens is 367 g/mol. The van der Waals surface area contributed by atoms with Crippen LogP contribution in [0, 0.1) is 5.82 Å². The van der Waals surface area contributed by atoms with E-state index in [2.05, 4.69) is 20.9 Å². The molecule has 3 aromatic rings. The fourth-order valence-corrected chi connectivity index (χ4v) is 4.12. The highest BCUT2D eigenvalue weighted by Gasteiger charge is 2.52. The average molecular weight is 388 g/mol. The third-order valence-corrected chi connectivity index (χ3v) is 5.89. The lowest BCUT2D eigenvalue weighted by Crippen LogP contribution is -2.22. The van der Waals surface area contributed by atoms with Gasteiger partial charge in [-0.2, -0.15) is 0 Å². The van der Waals surface area contributed by atoms with Gasteiger partial charge in [0.2, 0.25) is 5.95 Å². The Morgan fingerprint density at radius 2 is 1.83 bits per heavy atom. The number of hydrogen-bond donors (Lipinski definition) is 0. The Morgan fingerprint density at radius 1 is 1.10 bits per heavy atom. The summed E-state index contributed by atoms with van der Waals surface area (Å²) in [7, 11) is 3.50. The largest absolute Gasteiger partial charge is 0.345 e. The van der Waals surface area contributed by atoms with Crippen molar-refractivity contribution < 1.29 is 9.18 Å². The van der Waals surface area contributed by atoms with Gasteiger partial charge in [-0.25, -0.2) is 14.4 Å². The van der Waals surface area contributed by atoms with Gasteiger partial charge in [-0.1, -0.05) is 24.3 Å². The van der Waals surface area contributed by atoms with Crippen molar-refractivity contribution in [3.05, 3.63) is 71.8 Å². The molecule has 1 spiro atoms. The molecule has 2 aromatic carbocycles. The van der Waals surface area contributed by atoms with E-state index in [1.807, 2.05) is 12.1 Å². The van der Waals surface area contributed by atoms with E-state index in [0.717, 1.165) is 25.1 Å². The van der Waals surface area contributed by atoms with Gasteiger partial charge in [0.25, 0.3) is 5.91 Å². The zero-order chi connectivity index (χ0) is 20.2. The fourth-order valence-electron chi connectivity index (χ4n) is 4.12. The van der Waals surface area contributed by atoms with Crippen molar-refractivity contribution in [1.82, 2.24) is 14.9 Å². The highest BCUT2D eigenvalue weighted by molar-refractivity contribution is 5.95. The van der Waals surface area contributed by atoms with Gasteiger partial charge in [0.15, 0.2) is 0 Å². The van der Waals surface area contributed by atoms with E-state index in [4.69, 9.17) is 0 Å². The minimum Gasteiger partial charge on any atom is -0.345 e. The Balaban J connectivity index is 1.52. The summed E-state index contributed by atoms with van der Waals surface area (Å²) in [5, 5.41) is 0. The third kappa shape index (κ3) is 2.87. The zero-order valence-corrected chi connectivity index (χ0v) is 16.4. The molecule has 5 rings (SSSR count). The van der Waals surface area contributed by atoms with E-state index >= 15 is 0 Å². The van der Waals surface area contributed by atoms with Gasteiger partial charge >= 0.3 is 0 Å². The second-order valence-electron chi connectivity index (χ2n) is 8.05. The summed E-state index contributed by atoms with van der Waals surface area (Å²) >= 11 is 0. The van der Waals surface area contributed by atoms with Crippen LogP contribution < -0.4 is 4.90 Å². The van der Waals surface area contributed by atoms with Crippen LogP contribution in [0.4, 0.5) is 16.0 Å². The molecule has 0 bridgehead atoms. The number of benzene rings is 2. The van der Waals surface area contributed by atoms with E-state index in [1.54, 1.807) is 49.6 Å². The number of nitrogens with zero attached hydrogens (tertiary/aromatic N) is 4. The first kappa shape index (κ1) is 17.8. The summed E-state index contributed by atoms with van der Waals surface area (Å²) in [4.78, 5) is 25.2. The van der Waals surface area contributed by atoms with Gasteiger partial charge in [-0.3, -0.25) is 4.79 Å². The van der Waals surface area contributed by atoms with E-state index < -0.39 is 0 Å². The second kappa shape index (κ2) is 6.37. The molecule has 6 heteroatoms. The van der Waals surface area contributed by atoms with Crippen LogP contribution in [-0.2, 0) is 5.41 Å². The molecule has 29 heavy (non-hydrogen) atoms. The van der Waals surface area contributed by atoms with E-state index in [1.165, 1.54) is 11.6 Å². The Morgan fingerprint density at radius 3 is 2.48 bits per heavy atom. The number of halogens is 1. The van der Waals surface area contributed by atoms with Crippen molar-refractivity contribution in [1.29, 1.82) is 0 Å². The maximum atomic E-state index is 14.1. The summed E-state index contributed by atoms with van der Waals surface area (Å²) in [6.45, 7) is 0.807. The van der Waals surface area contributed by atoms with Crippen LogP contribution in [0.2, 0.25) is 0 Å². The summed E-state index contributed by atoms with van der Waals surface area (Å²) in [5.41, 5.74) is 4.17. The van der Waals surface area contributed by atoms with Gasteiger partial charge in [-0.05, 0) is 36.6 Å². The smallest absolute Gasteiger partial charge is 0.253 e. The van der Waals surface area contributed by atoms with Crippen LogP contribution in [-0.4, -0.2) is 41.4 Å². The van der Waals surface area contributed by atoms with E-state index in [0.29, 0.717) is 22.6 Å². The lowest BCUT2D eigenvalue weighted by molar-refractivity contribution is 0.0827. The number of anilines is 2. The molecular formula is C23H21FN4O. The Bertz CT molecular complexity index is 1110. The Labute approximate surface area is 168 Å². The highest BCUT2D eigenvalue weighted by Crippen LogP contribution is 2.57. The molecule has 1 fully saturated rings. The standard InChI is InChI=1S/C23H21FN4O/c1-27(2)21(29)15-7-8-18-20(11-15)28(14-23(18)9-10-23)22-25-12-16(13-26-22)17-5-3-4-6-19(17)24/h3-8,11-13H,9-10,14H2,1-2H3. The summed E-state index contributed by atoms with van der Waals surface area (Å²) in [5.74, 6) is 0.254. The van der Waals surface area contributed by atoms with Gasteiger partial charge in [0.05, 0.1) is 0 Å². The van der Waals surface area contributed by atoms with Gasteiger partial charge < -0.3 is 9.80 Å². The third-order valence-electron chi connectivity index (χ3n) is 5.89. The first-order chi connectivity index (χ1) is 14.0. The predicted molar refractivity (Wildman–Crippen MR) is 110 cm³/mol. The summed E-state index contributed by atoms with van der Waals surface area (Å²) < 4.78 is 14.1. The molecule has 0 N–H and O–H groups in total.